The molecule has 0 unspecified atom stereocenters. The number of methoxy groups -OCH3 is 2. The topological polar surface area (TPSA) is 99.4 Å². The summed E-state index contributed by atoms with van der Waals surface area (Å²) < 4.78 is 12.4. The molecule has 0 saturated carbocycles. The number of hydrogen-bond acceptors (Lipinski definition) is 9. The lowest BCUT2D eigenvalue weighted by atomic mass is 10.1. The van der Waals surface area contributed by atoms with Gasteiger partial charge in [-0.1, -0.05) is 11.3 Å². The Bertz CT molecular complexity index is 1060. The summed E-state index contributed by atoms with van der Waals surface area (Å²) in [7, 11) is 3.20. The summed E-state index contributed by atoms with van der Waals surface area (Å²) in [4.78, 5) is 9.90. The molecular weight excluding hydrogens is 366 g/mol. The highest BCUT2D eigenvalue weighted by molar-refractivity contribution is 7.16. The van der Waals surface area contributed by atoms with E-state index in [1.165, 1.54) is 0 Å². The minimum atomic E-state index is 0.419. The van der Waals surface area contributed by atoms with Crippen molar-refractivity contribution in [2.45, 2.75) is 13.5 Å². The van der Waals surface area contributed by atoms with Crippen LogP contribution in [-0.4, -0.2) is 44.0 Å². The molecule has 1 N–H and O–H groups in total. The highest BCUT2D eigenvalue weighted by atomic mass is 32.1. The van der Waals surface area contributed by atoms with Gasteiger partial charge in [-0.2, -0.15) is 10.2 Å². The van der Waals surface area contributed by atoms with Gasteiger partial charge in [-0.15, -0.1) is 5.10 Å². The van der Waals surface area contributed by atoms with E-state index in [4.69, 9.17) is 9.47 Å². The summed E-state index contributed by atoms with van der Waals surface area (Å²) in [6.07, 6.45) is 3.49. The maximum absolute atomic E-state index is 5.34. The van der Waals surface area contributed by atoms with Crippen LogP contribution in [0.2, 0.25) is 0 Å². The second kappa shape index (κ2) is 7.16. The molecule has 0 amide bonds. The monoisotopic (exact) mass is 383 g/mol. The van der Waals surface area contributed by atoms with Gasteiger partial charge in [0.15, 0.2) is 11.5 Å². The van der Waals surface area contributed by atoms with E-state index >= 15 is 0 Å². The fourth-order valence-corrected chi connectivity index (χ4v) is 3.36. The van der Waals surface area contributed by atoms with Gasteiger partial charge in [0.05, 0.1) is 44.5 Å². The van der Waals surface area contributed by atoms with Gasteiger partial charge in [0, 0.05) is 5.56 Å². The van der Waals surface area contributed by atoms with E-state index in [9.17, 15) is 0 Å². The molecule has 138 valence electrons. The third-order valence-electron chi connectivity index (χ3n) is 3.86. The van der Waals surface area contributed by atoms with Crippen LogP contribution in [-0.2, 0) is 6.54 Å². The van der Waals surface area contributed by atoms with Crippen LogP contribution >= 0.6 is 11.3 Å². The molecule has 3 aromatic heterocycles. The first-order chi connectivity index (χ1) is 13.2. The van der Waals surface area contributed by atoms with Crippen LogP contribution in [0.25, 0.3) is 16.2 Å². The summed E-state index contributed by atoms with van der Waals surface area (Å²) in [6, 6.07) is 5.58. The first-order valence-electron chi connectivity index (χ1n) is 8.14. The second-order valence-electron chi connectivity index (χ2n) is 5.67. The number of nitrogens with zero attached hydrogens (tertiary/aromatic N) is 6. The predicted octanol–water partition coefficient (Wildman–Crippen LogP) is 2.58. The van der Waals surface area contributed by atoms with Gasteiger partial charge >= 0.3 is 0 Å². The van der Waals surface area contributed by atoms with Gasteiger partial charge in [0.2, 0.25) is 10.9 Å². The van der Waals surface area contributed by atoms with E-state index in [0.29, 0.717) is 29.7 Å². The average Bonchev–Trinajstić information content (AvgIpc) is 3.23. The molecule has 0 atom stereocenters. The lowest BCUT2D eigenvalue weighted by Gasteiger charge is -2.09. The molecule has 0 radical (unpaired) electrons. The zero-order chi connectivity index (χ0) is 18.8. The maximum Gasteiger partial charge on any atom is 0.243 e. The first kappa shape index (κ1) is 17.2. The van der Waals surface area contributed by atoms with Crippen LogP contribution in [0.1, 0.15) is 10.7 Å². The van der Waals surface area contributed by atoms with Crippen LogP contribution in [0.5, 0.6) is 11.5 Å². The molecule has 0 aliphatic carbocycles. The van der Waals surface area contributed by atoms with Crippen molar-refractivity contribution in [1.29, 1.82) is 0 Å². The molecule has 0 aliphatic heterocycles. The Morgan fingerprint density at radius 1 is 1.15 bits per heavy atom. The Balaban J connectivity index is 1.52. The fraction of sp³-hybridized carbons (Fsp3) is 0.235. The molecule has 9 nitrogen and oxygen atoms in total. The fourth-order valence-electron chi connectivity index (χ4n) is 2.61. The van der Waals surface area contributed by atoms with Crippen molar-refractivity contribution in [3.63, 3.8) is 0 Å². The van der Waals surface area contributed by atoms with Crippen LogP contribution in [0.3, 0.4) is 0 Å². The average molecular weight is 383 g/mol. The molecule has 3 heterocycles. The van der Waals surface area contributed by atoms with E-state index in [-0.39, 0.29) is 0 Å². The third kappa shape index (κ3) is 3.51. The van der Waals surface area contributed by atoms with Crippen LogP contribution in [0.4, 0.5) is 5.95 Å². The summed E-state index contributed by atoms with van der Waals surface area (Å²) in [5.74, 6) is 1.71. The third-order valence-corrected chi connectivity index (χ3v) is 4.70. The standard InChI is InChI=1S/C17H17N7O2S/c1-10-23-24-9-12(20-17(24)27-10)7-18-16-21-13(8-19-22-16)11-4-5-14(25-2)15(6-11)26-3/h4-6,8-9H,7H2,1-3H3,(H,18,21,22). The second-order valence-corrected chi connectivity index (χ2v) is 6.83. The van der Waals surface area contributed by atoms with Crippen molar-refractivity contribution in [3.8, 4) is 22.8 Å². The largest absolute Gasteiger partial charge is 0.493 e. The van der Waals surface area contributed by atoms with E-state index in [1.54, 1.807) is 36.3 Å². The predicted molar refractivity (Wildman–Crippen MR) is 101 cm³/mol. The van der Waals surface area contributed by atoms with Crippen LogP contribution in [0.15, 0.2) is 30.6 Å². The van der Waals surface area contributed by atoms with Crippen LogP contribution < -0.4 is 14.8 Å². The number of ether oxygens (including phenoxy) is 2. The number of hydrogen-bond donors (Lipinski definition) is 1. The molecule has 4 aromatic rings. The van der Waals surface area contributed by atoms with Crippen molar-refractivity contribution in [2.24, 2.45) is 0 Å². The summed E-state index contributed by atoms with van der Waals surface area (Å²) in [5, 5.41) is 16.5. The lowest BCUT2D eigenvalue weighted by Crippen LogP contribution is -2.05. The highest BCUT2D eigenvalue weighted by Crippen LogP contribution is 2.31. The van der Waals surface area contributed by atoms with Crippen LogP contribution in [0, 0.1) is 6.92 Å². The van der Waals surface area contributed by atoms with Crippen molar-refractivity contribution < 1.29 is 9.47 Å². The minimum Gasteiger partial charge on any atom is -0.493 e. The van der Waals surface area contributed by atoms with Gasteiger partial charge < -0.3 is 14.8 Å². The smallest absolute Gasteiger partial charge is 0.243 e. The Hall–Kier alpha value is -3.27. The summed E-state index contributed by atoms with van der Waals surface area (Å²) in [6.45, 7) is 2.43. The van der Waals surface area contributed by atoms with Crippen molar-refractivity contribution in [3.05, 3.63) is 41.3 Å². The summed E-state index contributed by atoms with van der Waals surface area (Å²) >= 11 is 1.55. The number of aryl methyl sites for hydroxylation is 1. The molecular formula is C17H17N7O2S. The SMILES string of the molecule is COc1ccc(-c2cnnc(NCc3cn4nc(C)sc4n3)n2)cc1OC. The Morgan fingerprint density at radius 3 is 2.78 bits per heavy atom. The van der Waals surface area contributed by atoms with Crippen molar-refractivity contribution in [1.82, 2.24) is 29.8 Å². The number of anilines is 1. The molecule has 0 bridgehead atoms. The number of aromatic nitrogens is 6. The number of rotatable bonds is 6. The Morgan fingerprint density at radius 2 is 2.00 bits per heavy atom. The molecule has 0 aliphatic rings. The van der Waals surface area contributed by atoms with E-state index < -0.39 is 0 Å². The zero-order valence-electron chi connectivity index (χ0n) is 15.0. The molecule has 10 heteroatoms. The highest BCUT2D eigenvalue weighted by Gasteiger charge is 2.10. The number of benzene rings is 1. The van der Waals surface area contributed by atoms with Gasteiger partial charge in [-0.3, -0.25) is 0 Å². The van der Waals surface area contributed by atoms with Crippen molar-refractivity contribution in [2.75, 3.05) is 19.5 Å². The Kier molecular flexibility index (Phi) is 4.55. The van der Waals surface area contributed by atoms with Gasteiger partial charge in [-0.25, -0.2) is 14.5 Å². The van der Waals surface area contributed by atoms with Crippen molar-refractivity contribution >= 4 is 22.2 Å². The quantitative estimate of drug-likeness (QED) is 0.542. The number of fused-ring (bicyclic) bond motifs is 1. The number of nitrogens with one attached hydrogen (secondary N) is 1. The molecule has 0 spiro atoms. The van der Waals surface area contributed by atoms with E-state index in [1.807, 2.05) is 31.3 Å². The molecule has 0 saturated heterocycles. The molecule has 4 rings (SSSR count). The van der Waals surface area contributed by atoms with E-state index in [2.05, 4.69) is 30.6 Å². The minimum absolute atomic E-state index is 0.419. The molecule has 27 heavy (non-hydrogen) atoms. The Labute approximate surface area is 159 Å². The molecule has 1 aromatic carbocycles. The van der Waals surface area contributed by atoms with Gasteiger partial charge in [0.1, 0.15) is 5.01 Å². The lowest BCUT2D eigenvalue weighted by molar-refractivity contribution is 0.355. The normalized spacial score (nSPS) is 10.9. The zero-order valence-corrected chi connectivity index (χ0v) is 15.8. The van der Waals surface area contributed by atoms with Gasteiger partial charge in [0.25, 0.3) is 0 Å². The summed E-state index contributed by atoms with van der Waals surface area (Å²) in [5.41, 5.74) is 2.39. The number of imidazole rings is 1. The van der Waals surface area contributed by atoms with E-state index in [0.717, 1.165) is 21.2 Å². The molecule has 0 fully saturated rings. The first-order valence-corrected chi connectivity index (χ1v) is 8.95. The maximum atomic E-state index is 5.34. The van der Waals surface area contributed by atoms with Gasteiger partial charge in [-0.05, 0) is 25.1 Å².